The Balaban J connectivity index is 2.82. The lowest BCUT2D eigenvalue weighted by Crippen LogP contribution is -2.31. The van der Waals surface area contributed by atoms with Gasteiger partial charge in [0.05, 0.1) is 6.61 Å². The summed E-state index contributed by atoms with van der Waals surface area (Å²) in [5, 5.41) is 9.00. The van der Waals surface area contributed by atoms with E-state index in [0.29, 0.717) is 17.7 Å². The topological polar surface area (TPSA) is 49.5 Å². The van der Waals surface area contributed by atoms with E-state index in [9.17, 15) is 4.39 Å². The lowest BCUT2D eigenvalue weighted by molar-refractivity contribution is 0.153. The average molecular weight is 256 g/mol. The van der Waals surface area contributed by atoms with Gasteiger partial charge in [-0.05, 0) is 20.0 Å². The van der Waals surface area contributed by atoms with Crippen molar-refractivity contribution in [3.63, 3.8) is 0 Å². The molecule has 0 aliphatic rings. The van der Waals surface area contributed by atoms with E-state index in [4.69, 9.17) is 23.1 Å². The first kappa shape index (κ1) is 14.0. The molecule has 0 radical (unpaired) electrons. The van der Waals surface area contributed by atoms with Gasteiger partial charge in [0.25, 0.3) is 0 Å². The van der Waals surface area contributed by atoms with E-state index >= 15 is 0 Å². The zero-order chi connectivity index (χ0) is 13.0. The number of thiocarbonyl (C=S) groups is 1. The van der Waals surface area contributed by atoms with Crippen molar-refractivity contribution in [2.24, 2.45) is 5.73 Å². The Hall–Kier alpha value is -1.04. The Kier molecular flexibility index (Phi) is 4.99. The second-order valence-electron chi connectivity index (χ2n) is 4.12. The molecule has 0 saturated heterocycles. The zero-order valence-corrected chi connectivity index (χ0v) is 10.8. The molecule has 0 aliphatic heterocycles. The highest BCUT2D eigenvalue weighted by molar-refractivity contribution is 7.80. The predicted octanol–water partition coefficient (Wildman–Crippen LogP) is 1.27. The maximum atomic E-state index is 13.7. The van der Waals surface area contributed by atoms with Crippen LogP contribution in [-0.4, -0.2) is 34.7 Å². The molecule has 1 unspecified atom stereocenters. The van der Waals surface area contributed by atoms with E-state index in [2.05, 4.69) is 0 Å². The van der Waals surface area contributed by atoms with Gasteiger partial charge in [-0.3, -0.25) is 4.90 Å². The number of likely N-dealkylation sites (N-methyl/N-ethyl adjacent to an activating group) is 1. The van der Waals surface area contributed by atoms with E-state index in [1.165, 1.54) is 6.07 Å². The molecule has 5 heteroatoms. The van der Waals surface area contributed by atoms with E-state index in [1.807, 2.05) is 18.9 Å². The third-order valence-electron chi connectivity index (χ3n) is 2.77. The van der Waals surface area contributed by atoms with Crippen molar-refractivity contribution in [1.82, 2.24) is 4.90 Å². The Labute approximate surface area is 106 Å². The molecule has 0 bridgehead atoms. The largest absolute Gasteiger partial charge is 0.395 e. The van der Waals surface area contributed by atoms with Crippen molar-refractivity contribution < 1.29 is 9.50 Å². The van der Waals surface area contributed by atoms with Crippen LogP contribution in [0.25, 0.3) is 0 Å². The number of rotatable bonds is 5. The fourth-order valence-electron chi connectivity index (χ4n) is 1.39. The van der Waals surface area contributed by atoms with E-state index in [0.717, 1.165) is 0 Å². The molecule has 0 aromatic heterocycles. The highest BCUT2D eigenvalue weighted by atomic mass is 32.1. The first-order valence-electron chi connectivity index (χ1n) is 5.35. The van der Waals surface area contributed by atoms with Crippen molar-refractivity contribution in [3.8, 4) is 0 Å². The molecule has 94 valence electrons. The number of hydrogen-bond acceptors (Lipinski definition) is 3. The Morgan fingerprint density at radius 1 is 1.59 bits per heavy atom. The molecule has 0 amide bonds. The van der Waals surface area contributed by atoms with Crippen molar-refractivity contribution >= 4 is 17.2 Å². The molecule has 0 aliphatic carbocycles. The van der Waals surface area contributed by atoms with Crippen molar-refractivity contribution in [1.29, 1.82) is 0 Å². The molecule has 0 spiro atoms. The van der Waals surface area contributed by atoms with Crippen LogP contribution in [0.1, 0.15) is 18.1 Å². The van der Waals surface area contributed by atoms with Crippen LogP contribution in [0.4, 0.5) is 4.39 Å². The minimum atomic E-state index is -0.327. The highest BCUT2D eigenvalue weighted by Gasteiger charge is 2.11. The van der Waals surface area contributed by atoms with Crippen LogP contribution in [0.2, 0.25) is 0 Å². The van der Waals surface area contributed by atoms with Gasteiger partial charge in [0, 0.05) is 23.7 Å². The smallest absolute Gasteiger partial charge is 0.128 e. The Bertz CT molecular complexity index is 411. The third kappa shape index (κ3) is 3.73. The van der Waals surface area contributed by atoms with Crippen LogP contribution in [-0.2, 0) is 6.54 Å². The van der Waals surface area contributed by atoms with Crippen molar-refractivity contribution in [3.05, 3.63) is 35.1 Å². The van der Waals surface area contributed by atoms with Gasteiger partial charge in [-0.1, -0.05) is 24.4 Å². The van der Waals surface area contributed by atoms with Crippen molar-refractivity contribution in [2.75, 3.05) is 13.7 Å². The molecule has 1 atom stereocenters. The van der Waals surface area contributed by atoms with E-state index in [-0.39, 0.29) is 23.5 Å². The van der Waals surface area contributed by atoms with E-state index in [1.54, 1.807) is 12.1 Å². The normalized spacial score (nSPS) is 12.8. The van der Waals surface area contributed by atoms with Crippen LogP contribution >= 0.6 is 12.2 Å². The molecular formula is C12H17FN2OS. The molecule has 3 nitrogen and oxygen atoms in total. The van der Waals surface area contributed by atoms with Crippen LogP contribution in [0.5, 0.6) is 0 Å². The van der Waals surface area contributed by atoms with E-state index < -0.39 is 0 Å². The molecule has 1 aromatic rings. The summed E-state index contributed by atoms with van der Waals surface area (Å²) in [6, 6.07) is 4.71. The summed E-state index contributed by atoms with van der Waals surface area (Å²) < 4.78 is 13.7. The number of hydrogen-bond donors (Lipinski definition) is 2. The van der Waals surface area contributed by atoms with Gasteiger partial charge in [0.15, 0.2) is 0 Å². The fourth-order valence-corrected chi connectivity index (χ4v) is 1.52. The minimum Gasteiger partial charge on any atom is -0.395 e. The molecule has 1 aromatic carbocycles. The monoisotopic (exact) mass is 256 g/mol. The first-order chi connectivity index (χ1) is 7.95. The number of benzene rings is 1. The van der Waals surface area contributed by atoms with Gasteiger partial charge in [0.2, 0.25) is 0 Å². The van der Waals surface area contributed by atoms with Crippen LogP contribution in [0, 0.1) is 5.82 Å². The number of nitrogens with two attached hydrogens (primary N) is 1. The summed E-state index contributed by atoms with van der Waals surface area (Å²) in [7, 11) is 1.84. The number of nitrogens with zero attached hydrogens (tertiary/aromatic N) is 1. The number of aliphatic hydroxyl groups is 1. The minimum absolute atomic E-state index is 0.00957. The third-order valence-corrected chi connectivity index (χ3v) is 3.01. The molecule has 3 N–H and O–H groups in total. The van der Waals surface area contributed by atoms with Gasteiger partial charge >= 0.3 is 0 Å². The molecular weight excluding hydrogens is 239 g/mol. The van der Waals surface area contributed by atoms with Crippen LogP contribution < -0.4 is 5.73 Å². The Morgan fingerprint density at radius 2 is 2.24 bits per heavy atom. The molecule has 0 fully saturated rings. The first-order valence-corrected chi connectivity index (χ1v) is 5.76. The predicted molar refractivity (Wildman–Crippen MR) is 70.3 cm³/mol. The lowest BCUT2D eigenvalue weighted by Gasteiger charge is -2.23. The second-order valence-corrected chi connectivity index (χ2v) is 4.56. The fraction of sp³-hybridized carbons (Fsp3) is 0.417. The van der Waals surface area contributed by atoms with Gasteiger partial charge in [0.1, 0.15) is 10.8 Å². The summed E-state index contributed by atoms with van der Waals surface area (Å²) >= 11 is 4.78. The SMILES string of the molecule is CC(CO)N(C)Cc1ccc(C(N)=S)cc1F. The summed E-state index contributed by atoms with van der Waals surface area (Å²) in [4.78, 5) is 2.06. The average Bonchev–Trinajstić information content (AvgIpc) is 2.30. The summed E-state index contributed by atoms with van der Waals surface area (Å²) in [6.45, 7) is 2.36. The lowest BCUT2D eigenvalue weighted by atomic mass is 10.1. The zero-order valence-electron chi connectivity index (χ0n) is 9.98. The molecule has 1 rings (SSSR count). The summed E-state index contributed by atoms with van der Waals surface area (Å²) in [5.74, 6) is -0.327. The van der Waals surface area contributed by atoms with Gasteiger partial charge < -0.3 is 10.8 Å². The Morgan fingerprint density at radius 3 is 2.71 bits per heavy atom. The van der Waals surface area contributed by atoms with Gasteiger partial charge in [-0.15, -0.1) is 0 Å². The maximum absolute atomic E-state index is 13.7. The number of aliphatic hydroxyl groups excluding tert-OH is 1. The molecule has 0 saturated carbocycles. The molecule has 0 heterocycles. The van der Waals surface area contributed by atoms with Crippen LogP contribution in [0.15, 0.2) is 18.2 Å². The van der Waals surface area contributed by atoms with Crippen molar-refractivity contribution in [2.45, 2.75) is 19.5 Å². The molecule has 17 heavy (non-hydrogen) atoms. The standard InChI is InChI=1S/C12H17FN2OS/c1-8(7-16)15(2)6-10-4-3-9(12(14)17)5-11(10)13/h3-5,8,16H,6-7H2,1-2H3,(H2,14,17). The highest BCUT2D eigenvalue weighted by Crippen LogP contribution is 2.13. The summed E-state index contributed by atoms with van der Waals surface area (Å²) in [6.07, 6.45) is 0. The summed E-state index contributed by atoms with van der Waals surface area (Å²) in [5.41, 5.74) is 6.51. The number of halogens is 1. The second kappa shape index (κ2) is 6.05. The quantitative estimate of drug-likeness (QED) is 0.779. The van der Waals surface area contributed by atoms with Crippen LogP contribution in [0.3, 0.4) is 0 Å². The van der Waals surface area contributed by atoms with Gasteiger partial charge in [-0.25, -0.2) is 4.39 Å². The maximum Gasteiger partial charge on any atom is 0.128 e. The van der Waals surface area contributed by atoms with Gasteiger partial charge in [-0.2, -0.15) is 0 Å².